The topological polar surface area (TPSA) is 67.8 Å². The molecule has 2 aromatic rings. The van der Waals surface area contributed by atoms with Gasteiger partial charge < -0.3 is 5.32 Å². The lowest BCUT2D eigenvalue weighted by molar-refractivity contribution is 0.0945. The molecule has 1 N–H and O–H groups in total. The number of carbonyl (C=O) groups is 1. The van der Waals surface area contributed by atoms with E-state index in [4.69, 9.17) is 0 Å². The molecular formula is C14H16N4O. The van der Waals surface area contributed by atoms with Crippen LogP contribution in [0.25, 0.3) is 0 Å². The highest BCUT2D eigenvalue weighted by Crippen LogP contribution is 2.05. The van der Waals surface area contributed by atoms with Crippen molar-refractivity contribution in [2.45, 2.75) is 27.3 Å². The number of aryl methyl sites for hydroxylation is 3. The lowest BCUT2D eigenvalue weighted by atomic mass is 10.1. The molecule has 0 aliphatic heterocycles. The largest absolute Gasteiger partial charge is 0.347 e. The number of amides is 1. The molecule has 0 spiro atoms. The van der Waals surface area contributed by atoms with Crippen molar-refractivity contribution in [2.75, 3.05) is 0 Å². The van der Waals surface area contributed by atoms with Gasteiger partial charge in [-0.3, -0.25) is 9.78 Å². The van der Waals surface area contributed by atoms with Gasteiger partial charge >= 0.3 is 0 Å². The van der Waals surface area contributed by atoms with E-state index in [2.05, 4.69) is 20.3 Å². The van der Waals surface area contributed by atoms with Crippen LogP contribution in [0.15, 0.2) is 24.5 Å². The Morgan fingerprint density at radius 3 is 2.74 bits per heavy atom. The van der Waals surface area contributed by atoms with Gasteiger partial charge in [0.25, 0.3) is 5.91 Å². The van der Waals surface area contributed by atoms with E-state index in [-0.39, 0.29) is 5.91 Å². The zero-order chi connectivity index (χ0) is 13.8. The smallest absolute Gasteiger partial charge is 0.270 e. The molecule has 0 aliphatic carbocycles. The van der Waals surface area contributed by atoms with Gasteiger partial charge in [-0.1, -0.05) is 0 Å². The molecule has 0 fully saturated rings. The van der Waals surface area contributed by atoms with Crippen molar-refractivity contribution in [1.82, 2.24) is 20.3 Å². The van der Waals surface area contributed by atoms with E-state index >= 15 is 0 Å². The van der Waals surface area contributed by atoms with Crippen LogP contribution >= 0.6 is 0 Å². The molecule has 2 rings (SSSR count). The molecule has 5 nitrogen and oxygen atoms in total. The van der Waals surface area contributed by atoms with Crippen LogP contribution in [0.5, 0.6) is 0 Å². The van der Waals surface area contributed by atoms with Crippen molar-refractivity contribution in [3.8, 4) is 0 Å². The zero-order valence-electron chi connectivity index (χ0n) is 11.3. The third kappa shape index (κ3) is 3.34. The first-order chi connectivity index (χ1) is 9.06. The molecule has 1 amide bonds. The van der Waals surface area contributed by atoms with Gasteiger partial charge in [-0.05, 0) is 44.0 Å². The van der Waals surface area contributed by atoms with Crippen molar-refractivity contribution in [3.05, 3.63) is 52.9 Å². The Hall–Kier alpha value is -2.30. The summed E-state index contributed by atoms with van der Waals surface area (Å²) in [6, 6.07) is 3.58. The number of aromatic nitrogens is 3. The molecule has 0 radical (unpaired) electrons. The van der Waals surface area contributed by atoms with Crippen LogP contribution in [0.3, 0.4) is 0 Å². The molecule has 2 aromatic heterocycles. The van der Waals surface area contributed by atoms with E-state index in [1.54, 1.807) is 25.4 Å². The first kappa shape index (κ1) is 13.1. The Labute approximate surface area is 112 Å². The Morgan fingerprint density at radius 1 is 1.26 bits per heavy atom. The fourth-order valence-electron chi connectivity index (χ4n) is 1.80. The van der Waals surface area contributed by atoms with Crippen LogP contribution < -0.4 is 5.32 Å². The quantitative estimate of drug-likeness (QED) is 0.908. The minimum atomic E-state index is -0.190. The van der Waals surface area contributed by atoms with Gasteiger partial charge in [0.05, 0.1) is 0 Å². The van der Waals surface area contributed by atoms with E-state index in [1.165, 1.54) is 0 Å². The number of rotatable bonds is 3. The lowest BCUT2D eigenvalue weighted by Crippen LogP contribution is -2.24. The van der Waals surface area contributed by atoms with Crippen LogP contribution in [-0.2, 0) is 6.54 Å². The Balaban J connectivity index is 2.08. The van der Waals surface area contributed by atoms with Gasteiger partial charge in [-0.2, -0.15) is 0 Å². The standard InChI is InChI=1S/C14H16N4O/c1-9-7-15-5-4-12(9)8-16-14(19)13-6-10(2)17-11(3)18-13/h4-7H,8H2,1-3H3,(H,16,19). The second kappa shape index (κ2) is 5.56. The van der Waals surface area contributed by atoms with E-state index < -0.39 is 0 Å². The number of carbonyl (C=O) groups excluding carboxylic acids is 1. The van der Waals surface area contributed by atoms with Crippen LogP contribution in [-0.4, -0.2) is 20.9 Å². The summed E-state index contributed by atoms with van der Waals surface area (Å²) in [7, 11) is 0. The van der Waals surface area contributed by atoms with Gasteiger partial charge in [0, 0.05) is 24.6 Å². The number of hydrogen-bond acceptors (Lipinski definition) is 4. The van der Waals surface area contributed by atoms with Crippen LogP contribution in [0.2, 0.25) is 0 Å². The zero-order valence-corrected chi connectivity index (χ0v) is 11.3. The van der Waals surface area contributed by atoms with Gasteiger partial charge in [0.2, 0.25) is 0 Å². The Bertz CT molecular complexity index is 590. The molecule has 0 saturated carbocycles. The van der Waals surface area contributed by atoms with Gasteiger partial charge in [-0.15, -0.1) is 0 Å². The first-order valence-corrected chi connectivity index (χ1v) is 6.06. The Kier molecular flexibility index (Phi) is 3.85. The number of hydrogen-bond donors (Lipinski definition) is 1. The minimum absolute atomic E-state index is 0.190. The van der Waals surface area contributed by atoms with Crippen LogP contribution in [0.4, 0.5) is 0 Å². The first-order valence-electron chi connectivity index (χ1n) is 6.06. The number of nitrogens with zero attached hydrogens (tertiary/aromatic N) is 3. The van der Waals surface area contributed by atoms with Crippen LogP contribution in [0, 0.1) is 20.8 Å². The van der Waals surface area contributed by atoms with Gasteiger partial charge in [-0.25, -0.2) is 9.97 Å². The second-order valence-corrected chi connectivity index (χ2v) is 4.43. The Morgan fingerprint density at radius 2 is 2.05 bits per heavy atom. The fourth-order valence-corrected chi connectivity index (χ4v) is 1.80. The highest BCUT2D eigenvalue weighted by Gasteiger charge is 2.09. The highest BCUT2D eigenvalue weighted by molar-refractivity contribution is 5.92. The highest BCUT2D eigenvalue weighted by atomic mass is 16.1. The summed E-state index contributed by atoms with van der Waals surface area (Å²) in [6.07, 6.45) is 3.49. The normalized spacial score (nSPS) is 10.3. The van der Waals surface area contributed by atoms with Crippen molar-refractivity contribution >= 4 is 5.91 Å². The van der Waals surface area contributed by atoms with E-state index in [0.29, 0.717) is 18.1 Å². The predicted octanol–water partition coefficient (Wildman–Crippen LogP) is 1.73. The number of pyridine rings is 1. The molecular weight excluding hydrogens is 240 g/mol. The third-order valence-electron chi connectivity index (χ3n) is 2.77. The van der Waals surface area contributed by atoms with Crippen LogP contribution in [0.1, 0.15) is 33.1 Å². The molecule has 0 saturated heterocycles. The van der Waals surface area contributed by atoms with Gasteiger partial charge in [0.1, 0.15) is 11.5 Å². The summed E-state index contributed by atoms with van der Waals surface area (Å²) in [4.78, 5) is 24.3. The average Bonchev–Trinajstić information content (AvgIpc) is 2.36. The molecule has 0 bridgehead atoms. The third-order valence-corrected chi connectivity index (χ3v) is 2.77. The van der Waals surface area contributed by atoms with E-state index in [9.17, 15) is 4.79 Å². The second-order valence-electron chi connectivity index (χ2n) is 4.43. The van der Waals surface area contributed by atoms with Crippen molar-refractivity contribution in [2.24, 2.45) is 0 Å². The van der Waals surface area contributed by atoms with E-state index in [1.807, 2.05) is 19.9 Å². The van der Waals surface area contributed by atoms with Crippen molar-refractivity contribution in [3.63, 3.8) is 0 Å². The molecule has 19 heavy (non-hydrogen) atoms. The summed E-state index contributed by atoms with van der Waals surface area (Å²) in [5.41, 5.74) is 3.29. The van der Waals surface area contributed by atoms with Gasteiger partial charge in [0.15, 0.2) is 0 Å². The SMILES string of the molecule is Cc1cc(C(=O)NCc2ccncc2C)nc(C)n1. The molecule has 2 heterocycles. The number of nitrogens with one attached hydrogen (secondary N) is 1. The molecule has 0 aliphatic rings. The molecule has 0 atom stereocenters. The minimum Gasteiger partial charge on any atom is -0.347 e. The average molecular weight is 256 g/mol. The summed E-state index contributed by atoms with van der Waals surface area (Å²) in [5.74, 6) is 0.412. The summed E-state index contributed by atoms with van der Waals surface area (Å²) < 4.78 is 0. The predicted molar refractivity (Wildman–Crippen MR) is 71.7 cm³/mol. The maximum absolute atomic E-state index is 12.0. The summed E-state index contributed by atoms with van der Waals surface area (Å²) in [6.45, 7) is 6.05. The monoisotopic (exact) mass is 256 g/mol. The van der Waals surface area contributed by atoms with Crippen molar-refractivity contribution < 1.29 is 4.79 Å². The maximum atomic E-state index is 12.0. The van der Waals surface area contributed by atoms with Crippen molar-refractivity contribution in [1.29, 1.82) is 0 Å². The summed E-state index contributed by atoms with van der Waals surface area (Å²) >= 11 is 0. The molecule has 98 valence electrons. The van der Waals surface area contributed by atoms with E-state index in [0.717, 1.165) is 16.8 Å². The lowest BCUT2D eigenvalue weighted by Gasteiger charge is -2.07. The molecule has 0 aromatic carbocycles. The molecule has 5 heteroatoms. The molecule has 0 unspecified atom stereocenters. The fraction of sp³-hybridized carbons (Fsp3) is 0.286. The maximum Gasteiger partial charge on any atom is 0.270 e. The summed E-state index contributed by atoms with van der Waals surface area (Å²) in [5, 5.41) is 2.85.